The van der Waals surface area contributed by atoms with Crippen molar-refractivity contribution in [2.24, 2.45) is 0 Å². The molecule has 1 amide bonds. The third kappa shape index (κ3) is 4.82. The first kappa shape index (κ1) is 23.4. The molecule has 0 N–H and O–H groups in total. The molecule has 33 heavy (non-hydrogen) atoms. The Labute approximate surface area is 196 Å². The van der Waals surface area contributed by atoms with Gasteiger partial charge in [0.05, 0.1) is 22.5 Å². The summed E-state index contributed by atoms with van der Waals surface area (Å²) in [6.07, 6.45) is 3.43. The van der Waals surface area contributed by atoms with Crippen molar-refractivity contribution >= 4 is 21.4 Å². The van der Waals surface area contributed by atoms with Crippen molar-refractivity contribution in [3.8, 4) is 0 Å². The number of aryl methyl sites for hydroxylation is 1. The molecule has 0 spiro atoms. The number of hydrogen-bond acceptors (Lipinski definition) is 4. The Hall–Kier alpha value is -2.71. The summed E-state index contributed by atoms with van der Waals surface area (Å²) < 4.78 is 29.2. The average molecular weight is 469 g/mol. The average Bonchev–Trinajstić information content (AvgIpc) is 3.15. The quantitative estimate of drug-likeness (QED) is 0.528. The number of sulfonamides is 1. The Morgan fingerprint density at radius 2 is 1.76 bits per heavy atom. The number of carbonyl (C=O) groups excluding carboxylic acids is 1. The number of pyridine rings is 1. The number of aromatic nitrogens is 2. The van der Waals surface area contributed by atoms with Gasteiger partial charge in [0.15, 0.2) is 0 Å². The van der Waals surface area contributed by atoms with Gasteiger partial charge in [-0.05, 0) is 62.8 Å². The smallest absolute Gasteiger partial charge is 0.257 e. The van der Waals surface area contributed by atoms with Crippen LogP contribution in [0.5, 0.6) is 0 Å². The molecular weight excluding hydrogens is 436 g/mol. The highest BCUT2D eigenvalue weighted by molar-refractivity contribution is 7.88. The molecule has 0 radical (unpaired) electrons. The van der Waals surface area contributed by atoms with E-state index >= 15 is 0 Å². The van der Waals surface area contributed by atoms with Crippen LogP contribution in [0.25, 0.3) is 5.52 Å². The van der Waals surface area contributed by atoms with Gasteiger partial charge in [-0.25, -0.2) is 17.2 Å². The minimum atomic E-state index is -3.34. The van der Waals surface area contributed by atoms with Crippen molar-refractivity contribution in [3.05, 3.63) is 71.0 Å². The summed E-state index contributed by atoms with van der Waals surface area (Å²) in [5, 5.41) is 4.54. The Morgan fingerprint density at radius 1 is 1.09 bits per heavy atom. The highest BCUT2D eigenvalue weighted by atomic mass is 32.2. The Balaban J connectivity index is 1.51. The molecule has 1 aromatic carbocycles. The zero-order valence-electron chi connectivity index (χ0n) is 19.6. The van der Waals surface area contributed by atoms with Crippen molar-refractivity contribution in [1.82, 2.24) is 18.8 Å². The van der Waals surface area contributed by atoms with Crippen LogP contribution in [0.4, 0.5) is 0 Å². The first-order valence-electron chi connectivity index (χ1n) is 11.6. The third-order valence-corrected chi connectivity index (χ3v) is 8.46. The van der Waals surface area contributed by atoms with Gasteiger partial charge in [0.1, 0.15) is 0 Å². The minimum absolute atomic E-state index is 0.00600. The van der Waals surface area contributed by atoms with Crippen LogP contribution in [0.2, 0.25) is 0 Å². The molecule has 0 atom stereocenters. The molecule has 1 aliphatic rings. The van der Waals surface area contributed by atoms with E-state index in [0.717, 1.165) is 35.2 Å². The van der Waals surface area contributed by atoms with Gasteiger partial charge in [-0.15, -0.1) is 0 Å². The molecule has 8 heteroatoms. The summed E-state index contributed by atoms with van der Waals surface area (Å²) in [6.45, 7) is 8.16. The number of nitrogens with zero attached hydrogens (tertiary/aromatic N) is 4. The van der Waals surface area contributed by atoms with Gasteiger partial charge >= 0.3 is 0 Å². The molecule has 3 aromatic rings. The molecule has 1 aliphatic heterocycles. The molecule has 1 saturated heterocycles. The topological polar surface area (TPSA) is 75.0 Å². The summed E-state index contributed by atoms with van der Waals surface area (Å²) in [7, 11) is -3.34. The zero-order valence-corrected chi connectivity index (χ0v) is 20.4. The SMILES string of the molecule is CCN(CC)C(=O)c1c(C)nn2ccc(C3CCN(S(=O)(=O)Cc4ccccc4)CC3)cc12. The molecule has 3 heterocycles. The van der Waals surface area contributed by atoms with E-state index in [2.05, 4.69) is 11.2 Å². The fourth-order valence-corrected chi connectivity index (χ4v) is 6.27. The molecule has 2 aromatic heterocycles. The van der Waals surface area contributed by atoms with Crippen molar-refractivity contribution in [3.63, 3.8) is 0 Å². The van der Waals surface area contributed by atoms with Crippen LogP contribution in [-0.4, -0.2) is 59.3 Å². The van der Waals surface area contributed by atoms with Gasteiger partial charge in [-0.1, -0.05) is 30.3 Å². The van der Waals surface area contributed by atoms with Crippen LogP contribution >= 0.6 is 0 Å². The first-order chi connectivity index (χ1) is 15.8. The lowest BCUT2D eigenvalue weighted by Gasteiger charge is -2.31. The maximum atomic E-state index is 13.1. The highest BCUT2D eigenvalue weighted by Gasteiger charge is 2.29. The lowest BCUT2D eigenvalue weighted by atomic mass is 9.90. The summed E-state index contributed by atoms with van der Waals surface area (Å²) in [5.74, 6) is 0.299. The van der Waals surface area contributed by atoms with E-state index in [1.54, 1.807) is 8.82 Å². The maximum Gasteiger partial charge on any atom is 0.257 e. The first-order valence-corrected chi connectivity index (χ1v) is 13.2. The third-order valence-electron chi connectivity index (χ3n) is 6.61. The summed E-state index contributed by atoms with van der Waals surface area (Å²) in [5.41, 5.74) is 4.15. The van der Waals surface area contributed by atoms with Crippen molar-refractivity contribution in [2.45, 2.75) is 45.3 Å². The Kier molecular flexibility index (Phi) is 6.86. The van der Waals surface area contributed by atoms with E-state index in [9.17, 15) is 13.2 Å². The van der Waals surface area contributed by atoms with E-state index in [0.29, 0.717) is 31.7 Å². The Morgan fingerprint density at radius 3 is 2.39 bits per heavy atom. The van der Waals surface area contributed by atoms with Gasteiger partial charge in [-0.2, -0.15) is 5.10 Å². The number of rotatable bonds is 7. The zero-order chi connectivity index (χ0) is 23.6. The molecule has 1 fully saturated rings. The largest absolute Gasteiger partial charge is 0.339 e. The van der Waals surface area contributed by atoms with E-state index in [1.165, 1.54) is 0 Å². The van der Waals surface area contributed by atoms with E-state index < -0.39 is 10.0 Å². The number of benzene rings is 1. The Bertz CT molecular complexity index is 1230. The molecule has 176 valence electrons. The predicted octanol–water partition coefficient (Wildman–Crippen LogP) is 3.83. The highest BCUT2D eigenvalue weighted by Crippen LogP contribution is 2.31. The van der Waals surface area contributed by atoms with E-state index in [4.69, 9.17) is 0 Å². The minimum Gasteiger partial charge on any atom is -0.339 e. The lowest BCUT2D eigenvalue weighted by Crippen LogP contribution is -2.38. The van der Waals surface area contributed by atoms with Crippen molar-refractivity contribution in [1.29, 1.82) is 0 Å². The van der Waals surface area contributed by atoms with E-state index in [1.807, 2.05) is 68.3 Å². The lowest BCUT2D eigenvalue weighted by molar-refractivity contribution is 0.0774. The van der Waals surface area contributed by atoms with Gasteiger partial charge in [0, 0.05) is 32.4 Å². The van der Waals surface area contributed by atoms with Gasteiger partial charge in [0.25, 0.3) is 5.91 Å². The molecule has 4 rings (SSSR count). The van der Waals surface area contributed by atoms with Gasteiger partial charge in [0.2, 0.25) is 10.0 Å². The summed E-state index contributed by atoms with van der Waals surface area (Å²) in [6, 6.07) is 13.4. The van der Waals surface area contributed by atoms with Crippen LogP contribution in [0.3, 0.4) is 0 Å². The van der Waals surface area contributed by atoms with Gasteiger partial charge < -0.3 is 4.90 Å². The number of carbonyl (C=O) groups is 1. The van der Waals surface area contributed by atoms with Gasteiger partial charge in [-0.3, -0.25) is 4.79 Å². The predicted molar refractivity (Wildman–Crippen MR) is 130 cm³/mol. The van der Waals surface area contributed by atoms with Crippen molar-refractivity contribution < 1.29 is 13.2 Å². The second-order valence-electron chi connectivity index (χ2n) is 8.64. The normalized spacial score (nSPS) is 15.7. The number of piperidine rings is 1. The number of hydrogen-bond donors (Lipinski definition) is 0. The fourth-order valence-electron chi connectivity index (χ4n) is 4.71. The van der Waals surface area contributed by atoms with Crippen LogP contribution in [0.1, 0.15) is 59.8 Å². The summed E-state index contributed by atoms with van der Waals surface area (Å²) in [4.78, 5) is 14.9. The second kappa shape index (κ2) is 9.65. The monoisotopic (exact) mass is 468 g/mol. The molecule has 0 unspecified atom stereocenters. The maximum absolute atomic E-state index is 13.1. The van der Waals surface area contributed by atoms with Crippen LogP contribution in [0, 0.1) is 6.92 Å². The fraction of sp³-hybridized carbons (Fsp3) is 0.440. The van der Waals surface area contributed by atoms with Crippen LogP contribution in [-0.2, 0) is 15.8 Å². The summed E-state index contributed by atoms with van der Waals surface area (Å²) >= 11 is 0. The molecule has 0 saturated carbocycles. The number of amides is 1. The molecular formula is C25H32N4O3S. The van der Waals surface area contributed by atoms with E-state index in [-0.39, 0.29) is 17.6 Å². The molecule has 0 bridgehead atoms. The second-order valence-corrected chi connectivity index (χ2v) is 10.6. The molecule has 7 nitrogen and oxygen atoms in total. The van der Waals surface area contributed by atoms with Crippen molar-refractivity contribution in [2.75, 3.05) is 26.2 Å². The van der Waals surface area contributed by atoms with Crippen LogP contribution < -0.4 is 0 Å². The van der Waals surface area contributed by atoms with Crippen LogP contribution in [0.15, 0.2) is 48.7 Å². The molecule has 0 aliphatic carbocycles. The number of fused-ring (bicyclic) bond motifs is 1. The standard InChI is InChI=1S/C25H32N4O3S/c1-4-27(5-2)25(30)24-19(3)26-29-16-13-22(17-23(24)29)21-11-14-28(15-12-21)33(31,32)18-20-9-7-6-8-10-20/h6-10,13,16-17,21H,4-5,11-12,14-15,18H2,1-3H3.